The lowest BCUT2D eigenvalue weighted by molar-refractivity contribution is 0.670. The van der Waals surface area contributed by atoms with E-state index in [2.05, 4.69) is 193 Å². The normalized spacial score (nSPS) is 11.8. The predicted molar refractivity (Wildman–Crippen MR) is 227 cm³/mol. The second-order valence-electron chi connectivity index (χ2n) is 13.7. The highest BCUT2D eigenvalue weighted by Gasteiger charge is 2.21. The van der Waals surface area contributed by atoms with Gasteiger partial charge in [0.1, 0.15) is 5.58 Å². The van der Waals surface area contributed by atoms with Gasteiger partial charge in [-0.2, -0.15) is 0 Å². The molecule has 2 aromatic heterocycles. The van der Waals surface area contributed by atoms with Gasteiger partial charge in [-0.3, -0.25) is 0 Å². The monoisotopic (exact) mass is 693 g/mol. The largest absolute Gasteiger partial charge is 0.453 e. The number of benzene rings is 9. The van der Waals surface area contributed by atoms with Crippen molar-refractivity contribution in [3.05, 3.63) is 188 Å². The molecule has 0 radical (unpaired) electrons. The molecule has 0 bridgehead atoms. The summed E-state index contributed by atoms with van der Waals surface area (Å²) in [5.74, 6) is 0. The maximum atomic E-state index is 6.97. The zero-order valence-electron chi connectivity index (χ0n) is 28.7. The smallest absolute Gasteiger partial charge is 0.159 e. The van der Waals surface area contributed by atoms with Gasteiger partial charge in [0, 0.05) is 47.9 Å². The molecule has 11 aromatic rings. The maximum absolute atomic E-state index is 6.97. The van der Waals surface area contributed by atoms with Gasteiger partial charge >= 0.3 is 0 Å². The van der Waals surface area contributed by atoms with E-state index in [9.17, 15) is 0 Å². The second kappa shape index (κ2) is 11.9. The molecule has 2 heterocycles. The summed E-state index contributed by atoms with van der Waals surface area (Å²) >= 11 is 1.85. The number of nitrogens with zero attached hydrogens (tertiary/aromatic N) is 1. The molecule has 2 nitrogen and oxygen atoms in total. The van der Waals surface area contributed by atoms with Gasteiger partial charge in [-0.25, -0.2) is 0 Å². The highest BCUT2D eigenvalue weighted by Crippen LogP contribution is 2.45. The molecule has 0 unspecified atom stereocenters. The molecule has 0 spiro atoms. The average molecular weight is 694 g/mol. The van der Waals surface area contributed by atoms with E-state index in [-0.39, 0.29) is 0 Å². The van der Waals surface area contributed by atoms with E-state index in [1.807, 2.05) is 11.3 Å². The van der Waals surface area contributed by atoms with Crippen molar-refractivity contribution in [2.45, 2.75) is 0 Å². The van der Waals surface area contributed by atoms with Crippen LogP contribution >= 0.6 is 11.3 Å². The van der Waals surface area contributed by atoms with Gasteiger partial charge in [0.2, 0.25) is 0 Å². The summed E-state index contributed by atoms with van der Waals surface area (Å²) in [7, 11) is 0. The van der Waals surface area contributed by atoms with Gasteiger partial charge in [0.05, 0.1) is 5.69 Å². The number of fused-ring (bicyclic) bond motifs is 9. The lowest BCUT2D eigenvalue weighted by Gasteiger charge is -2.26. The standard InChI is InChI=1S/C50H31NOS/c1-2-10-33(11-3-1)40-15-8-16-42-43-17-9-18-46(50(43)52-49(40)42)51(38-28-24-35-21-20-34-12-4-5-13-39(34)44(35)31-38)37-26-22-32(23-27-37)36-25-29-48-45(30-36)41-14-6-7-19-47(41)53-48/h1-31H. The fourth-order valence-electron chi connectivity index (χ4n) is 8.09. The Balaban J connectivity index is 1.11. The van der Waals surface area contributed by atoms with Crippen LogP contribution in [-0.4, -0.2) is 0 Å². The molecule has 0 N–H and O–H groups in total. The molecule has 53 heavy (non-hydrogen) atoms. The van der Waals surface area contributed by atoms with E-state index in [1.165, 1.54) is 52.8 Å². The van der Waals surface area contributed by atoms with Crippen molar-refractivity contribution in [2.24, 2.45) is 0 Å². The molecule has 248 valence electrons. The molecular weight excluding hydrogens is 663 g/mol. The summed E-state index contributed by atoms with van der Waals surface area (Å²) in [6.07, 6.45) is 0. The van der Waals surface area contributed by atoms with E-state index in [0.29, 0.717) is 0 Å². The summed E-state index contributed by atoms with van der Waals surface area (Å²) < 4.78 is 9.61. The highest BCUT2D eigenvalue weighted by atomic mass is 32.1. The molecule has 0 fully saturated rings. The first-order valence-corrected chi connectivity index (χ1v) is 18.8. The predicted octanol–water partition coefficient (Wildman–Crippen LogP) is 15.1. The fourth-order valence-corrected chi connectivity index (χ4v) is 9.18. The number of furan rings is 1. The Morgan fingerprint density at radius 3 is 1.87 bits per heavy atom. The van der Waals surface area contributed by atoms with E-state index in [0.717, 1.165) is 50.1 Å². The van der Waals surface area contributed by atoms with Crippen molar-refractivity contribution in [3.63, 3.8) is 0 Å². The number of hydrogen-bond acceptors (Lipinski definition) is 3. The van der Waals surface area contributed by atoms with Gasteiger partial charge in [-0.15, -0.1) is 11.3 Å². The minimum absolute atomic E-state index is 0.864. The Morgan fingerprint density at radius 1 is 0.358 bits per heavy atom. The molecule has 0 atom stereocenters. The Bertz CT molecular complexity index is 3170. The third-order valence-electron chi connectivity index (χ3n) is 10.7. The van der Waals surface area contributed by atoms with Crippen LogP contribution in [0, 0.1) is 0 Å². The van der Waals surface area contributed by atoms with Crippen LogP contribution < -0.4 is 4.90 Å². The van der Waals surface area contributed by atoms with Crippen LogP contribution in [0.25, 0.3) is 85.9 Å². The Hall–Kier alpha value is -6.68. The number of para-hydroxylation sites is 2. The van der Waals surface area contributed by atoms with E-state index < -0.39 is 0 Å². The van der Waals surface area contributed by atoms with Crippen molar-refractivity contribution >= 4 is 92.1 Å². The molecule has 0 saturated carbocycles. The van der Waals surface area contributed by atoms with E-state index in [4.69, 9.17) is 4.42 Å². The number of hydrogen-bond donors (Lipinski definition) is 0. The maximum Gasteiger partial charge on any atom is 0.159 e. The van der Waals surface area contributed by atoms with Crippen LogP contribution in [0.1, 0.15) is 0 Å². The van der Waals surface area contributed by atoms with Gasteiger partial charge in [0.25, 0.3) is 0 Å². The summed E-state index contributed by atoms with van der Waals surface area (Å²) in [4.78, 5) is 2.35. The fraction of sp³-hybridized carbons (Fsp3) is 0. The third kappa shape index (κ3) is 4.86. The first kappa shape index (κ1) is 30.0. The summed E-state index contributed by atoms with van der Waals surface area (Å²) in [6.45, 7) is 0. The molecular formula is C50H31NOS. The lowest BCUT2D eigenvalue weighted by atomic mass is 10.00. The highest BCUT2D eigenvalue weighted by molar-refractivity contribution is 7.25. The Morgan fingerprint density at radius 2 is 1.00 bits per heavy atom. The third-order valence-corrected chi connectivity index (χ3v) is 11.8. The topological polar surface area (TPSA) is 16.4 Å². The zero-order valence-corrected chi connectivity index (χ0v) is 29.5. The molecule has 0 aliphatic heterocycles. The molecule has 0 amide bonds. The Kier molecular flexibility index (Phi) is 6.76. The van der Waals surface area contributed by atoms with Crippen LogP contribution in [0.3, 0.4) is 0 Å². The summed E-state index contributed by atoms with van der Waals surface area (Å²) in [6, 6.07) is 67.9. The molecule has 3 heteroatoms. The number of thiophene rings is 1. The zero-order chi connectivity index (χ0) is 34.9. The van der Waals surface area contributed by atoms with Gasteiger partial charge in [-0.05, 0) is 86.8 Å². The first-order chi connectivity index (χ1) is 26.3. The Labute approximate surface area is 310 Å². The van der Waals surface area contributed by atoms with E-state index in [1.54, 1.807) is 0 Å². The minimum Gasteiger partial charge on any atom is -0.453 e. The second-order valence-corrected chi connectivity index (χ2v) is 14.8. The van der Waals surface area contributed by atoms with Crippen molar-refractivity contribution in [2.75, 3.05) is 4.90 Å². The first-order valence-electron chi connectivity index (χ1n) is 18.0. The van der Waals surface area contributed by atoms with Crippen LogP contribution in [0.5, 0.6) is 0 Å². The molecule has 0 aliphatic carbocycles. The molecule has 0 aliphatic rings. The van der Waals surface area contributed by atoms with Gasteiger partial charge < -0.3 is 9.32 Å². The van der Waals surface area contributed by atoms with Crippen molar-refractivity contribution in [3.8, 4) is 22.3 Å². The average Bonchev–Trinajstić information content (AvgIpc) is 3.80. The van der Waals surface area contributed by atoms with Crippen molar-refractivity contribution in [1.29, 1.82) is 0 Å². The van der Waals surface area contributed by atoms with Crippen LogP contribution in [0.15, 0.2) is 192 Å². The number of anilines is 3. The molecule has 11 rings (SSSR count). The quantitative estimate of drug-likeness (QED) is 0.167. The molecule has 9 aromatic carbocycles. The van der Waals surface area contributed by atoms with E-state index >= 15 is 0 Å². The summed E-state index contributed by atoms with van der Waals surface area (Å²) in [5, 5.41) is 9.75. The van der Waals surface area contributed by atoms with Crippen LogP contribution in [-0.2, 0) is 0 Å². The van der Waals surface area contributed by atoms with Crippen LogP contribution in [0.4, 0.5) is 17.1 Å². The van der Waals surface area contributed by atoms with Crippen molar-refractivity contribution < 1.29 is 4.42 Å². The SMILES string of the molecule is c1ccc(-c2cccc3c2oc2c(N(c4ccc(-c5ccc6sc7ccccc7c6c5)cc4)c4ccc5ccc6ccccc6c5c4)cccc23)cc1. The van der Waals surface area contributed by atoms with Crippen molar-refractivity contribution in [1.82, 2.24) is 0 Å². The van der Waals surface area contributed by atoms with Crippen LogP contribution in [0.2, 0.25) is 0 Å². The summed E-state index contributed by atoms with van der Waals surface area (Å²) in [5.41, 5.74) is 9.52. The molecule has 0 saturated heterocycles. The van der Waals surface area contributed by atoms with Gasteiger partial charge in [0.15, 0.2) is 5.58 Å². The minimum atomic E-state index is 0.864. The number of rotatable bonds is 5. The van der Waals surface area contributed by atoms with Gasteiger partial charge in [-0.1, -0.05) is 140 Å². The lowest BCUT2D eigenvalue weighted by Crippen LogP contribution is -2.10.